The maximum atomic E-state index is 6.42. The van der Waals surface area contributed by atoms with Gasteiger partial charge in [0.2, 0.25) is 0 Å². The van der Waals surface area contributed by atoms with Crippen LogP contribution >= 0.6 is 0 Å². The van der Waals surface area contributed by atoms with E-state index in [4.69, 9.17) is 13.3 Å². The SMILES string of the molecule is c1ccc(-c2cc3c(ccc4oc5ccc(-c6c7ccccc7c(-c7ccc8c(c7)oc7ccccc78)c7ccccc67)cc5c43)o2)cc1. The van der Waals surface area contributed by atoms with Crippen molar-refractivity contribution in [3.63, 3.8) is 0 Å². The van der Waals surface area contributed by atoms with Crippen LogP contribution in [0.4, 0.5) is 0 Å². The molecule has 0 saturated heterocycles. The Morgan fingerprint density at radius 1 is 0.265 bits per heavy atom. The maximum Gasteiger partial charge on any atom is 0.136 e. The summed E-state index contributed by atoms with van der Waals surface area (Å²) in [7, 11) is 0. The zero-order valence-electron chi connectivity index (χ0n) is 26.2. The van der Waals surface area contributed by atoms with Crippen LogP contribution in [0.2, 0.25) is 0 Å². The van der Waals surface area contributed by atoms with Crippen LogP contribution in [-0.2, 0) is 0 Å². The first-order chi connectivity index (χ1) is 24.3. The summed E-state index contributed by atoms with van der Waals surface area (Å²) in [5.74, 6) is 0.849. The average molecular weight is 627 g/mol. The van der Waals surface area contributed by atoms with Crippen LogP contribution < -0.4 is 0 Å². The smallest absolute Gasteiger partial charge is 0.136 e. The number of hydrogen-bond donors (Lipinski definition) is 0. The molecule has 0 aliphatic carbocycles. The van der Waals surface area contributed by atoms with Gasteiger partial charge >= 0.3 is 0 Å². The molecule has 3 heteroatoms. The van der Waals surface area contributed by atoms with Crippen molar-refractivity contribution in [2.45, 2.75) is 0 Å². The predicted octanol–water partition coefficient (Wildman–Crippen LogP) is 13.5. The van der Waals surface area contributed by atoms with E-state index < -0.39 is 0 Å². The van der Waals surface area contributed by atoms with E-state index in [0.29, 0.717) is 0 Å². The van der Waals surface area contributed by atoms with E-state index in [2.05, 4.69) is 115 Å². The van der Waals surface area contributed by atoms with Gasteiger partial charge in [0, 0.05) is 32.5 Å². The molecule has 11 aromatic rings. The van der Waals surface area contributed by atoms with Crippen molar-refractivity contribution < 1.29 is 13.3 Å². The molecule has 3 heterocycles. The molecule has 0 aliphatic heterocycles. The molecule has 0 spiro atoms. The molecule has 0 saturated carbocycles. The van der Waals surface area contributed by atoms with Crippen LogP contribution in [0.3, 0.4) is 0 Å². The molecular formula is C46H26O3. The third kappa shape index (κ3) is 3.84. The van der Waals surface area contributed by atoms with Gasteiger partial charge in [-0.1, -0.05) is 109 Å². The largest absolute Gasteiger partial charge is 0.456 e. The lowest BCUT2D eigenvalue weighted by molar-refractivity contribution is 0.631. The first-order valence-corrected chi connectivity index (χ1v) is 16.6. The fourth-order valence-electron chi connectivity index (χ4n) is 7.92. The van der Waals surface area contributed by atoms with Crippen LogP contribution in [0.1, 0.15) is 0 Å². The van der Waals surface area contributed by atoms with Crippen molar-refractivity contribution in [2.75, 3.05) is 0 Å². The quantitative estimate of drug-likeness (QED) is 0.183. The molecule has 228 valence electrons. The molecule has 0 atom stereocenters. The second-order valence-electron chi connectivity index (χ2n) is 12.8. The minimum Gasteiger partial charge on any atom is -0.456 e. The Balaban J connectivity index is 1.17. The predicted molar refractivity (Wildman–Crippen MR) is 202 cm³/mol. The first kappa shape index (κ1) is 26.5. The Hall–Kier alpha value is -6.58. The highest BCUT2D eigenvalue weighted by molar-refractivity contribution is 6.24. The van der Waals surface area contributed by atoms with Crippen molar-refractivity contribution in [1.29, 1.82) is 0 Å². The van der Waals surface area contributed by atoms with Crippen molar-refractivity contribution >= 4 is 76.4 Å². The topological polar surface area (TPSA) is 39.4 Å². The molecule has 3 aromatic heterocycles. The van der Waals surface area contributed by atoms with Crippen LogP contribution in [0.15, 0.2) is 171 Å². The third-order valence-corrected chi connectivity index (χ3v) is 10.1. The zero-order chi connectivity index (χ0) is 32.1. The summed E-state index contributed by atoms with van der Waals surface area (Å²) < 4.78 is 19.1. The summed E-state index contributed by atoms with van der Waals surface area (Å²) in [6, 6.07) is 55.5. The Bertz CT molecular complexity index is 3040. The molecule has 0 radical (unpaired) electrons. The monoisotopic (exact) mass is 626 g/mol. The molecule has 0 amide bonds. The Morgan fingerprint density at radius 2 is 0.755 bits per heavy atom. The molecule has 0 aliphatic rings. The number of hydrogen-bond acceptors (Lipinski definition) is 3. The number of fused-ring (bicyclic) bond motifs is 10. The second kappa shape index (κ2) is 9.96. The van der Waals surface area contributed by atoms with Crippen LogP contribution in [0.5, 0.6) is 0 Å². The number of benzene rings is 8. The normalized spacial score (nSPS) is 12.1. The minimum absolute atomic E-state index is 0.848. The van der Waals surface area contributed by atoms with Gasteiger partial charge in [0.15, 0.2) is 0 Å². The molecule has 0 N–H and O–H groups in total. The number of furan rings is 3. The lowest BCUT2D eigenvalue weighted by Gasteiger charge is -2.17. The van der Waals surface area contributed by atoms with Crippen LogP contribution in [0.25, 0.3) is 110 Å². The average Bonchev–Trinajstić information content (AvgIpc) is 3.86. The van der Waals surface area contributed by atoms with Crippen LogP contribution in [-0.4, -0.2) is 0 Å². The summed E-state index contributed by atoms with van der Waals surface area (Å²) in [5.41, 5.74) is 10.1. The Kier molecular flexibility index (Phi) is 5.38. The third-order valence-electron chi connectivity index (χ3n) is 10.1. The van der Waals surface area contributed by atoms with Crippen LogP contribution in [0, 0.1) is 0 Å². The summed E-state index contributed by atoms with van der Waals surface area (Å²) in [5, 5.41) is 10.3. The van der Waals surface area contributed by atoms with Crippen molar-refractivity contribution in [3.8, 4) is 33.6 Å². The van der Waals surface area contributed by atoms with E-state index >= 15 is 0 Å². The summed E-state index contributed by atoms with van der Waals surface area (Å²) in [6.45, 7) is 0. The summed E-state index contributed by atoms with van der Waals surface area (Å²) in [6.07, 6.45) is 0. The molecular weight excluding hydrogens is 601 g/mol. The van der Waals surface area contributed by atoms with E-state index in [0.717, 1.165) is 77.3 Å². The van der Waals surface area contributed by atoms with E-state index in [-0.39, 0.29) is 0 Å². The van der Waals surface area contributed by atoms with E-state index in [1.165, 1.54) is 32.7 Å². The van der Waals surface area contributed by atoms with Gasteiger partial charge in [0.1, 0.15) is 33.7 Å². The van der Waals surface area contributed by atoms with Gasteiger partial charge in [-0.05, 0) is 92.3 Å². The second-order valence-corrected chi connectivity index (χ2v) is 12.8. The molecule has 11 rings (SSSR count). The number of para-hydroxylation sites is 1. The van der Waals surface area contributed by atoms with Crippen molar-refractivity contribution in [1.82, 2.24) is 0 Å². The number of rotatable bonds is 3. The lowest BCUT2D eigenvalue weighted by Crippen LogP contribution is -1.90. The van der Waals surface area contributed by atoms with Crippen molar-refractivity contribution in [2.24, 2.45) is 0 Å². The fraction of sp³-hybridized carbons (Fsp3) is 0. The van der Waals surface area contributed by atoms with E-state index in [1.807, 2.05) is 42.5 Å². The summed E-state index contributed by atoms with van der Waals surface area (Å²) in [4.78, 5) is 0. The highest BCUT2D eigenvalue weighted by Gasteiger charge is 2.20. The highest BCUT2D eigenvalue weighted by Crippen LogP contribution is 2.46. The summed E-state index contributed by atoms with van der Waals surface area (Å²) >= 11 is 0. The van der Waals surface area contributed by atoms with Gasteiger partial charge in [-0.25, -0.2) is 0 Å². The van der Waals surface area contributed by atoms with Gasteiger partial charge in [0.25, 0.3) is 0 Å². The van der Waals surface area contributed by atoms with Gasteiger partial charge < -0.3 is 13.3 Å². The Labute approximate surface area is 280 Å². The van der Waals surface area contributed by atoms with E-state index in [9.17, 15) is 0 Å². The molecule has 8 aromatic carbocycles. The Morgan fingerprint density at radius 3 is 1.49 bits per heavy atom. The molecule has 49 heavy (non-hydrogen) atoms. The van der Waals surface area contributed by atoms with Gasteiger partial charge in [-0.15, -0.1) is 0 Å². The minimum atomic E-state index is 0.848. The standard InChI is InChI=1S/C46H26O3/c1-2-10-27(11-3-1)42-26-37-40(48-42)22-23-41-46(37)36-24-28(19-21-39(36)47-41)44-32-13-4-6-15-34(32)45(35-16-7-5-14-33(35)44)29-18-20-31-30-12-8-9-17-38(30)49-43(31)25-29/h1-26H. The zero-order valence-corrected chi connectivity index (χ0v) is 26.2. The fourth-order valence-corrected chi connectivity index (χ4v) is 7.92. The maximum absolute atomic E-state index is 6.42. The van der Waals surface area contributed by atoms with Gasteiger partial charge in [-0.3, -0.25) is 0 Å². The molecule has 0 bridgehead atoms. The molecule has 3 nitrogen and oxygen atoms in total. The first-order valence-electron chi connectivity index (χ1n) is 16.6. The van der Waals surface area contributed by atoms with E-state index in [1.54, 1.807) is 0 Å². The van der Waals surface area contributed by atoms with Gasteiger partial charge in [0.05, 0.1) is 0 Å². The molecule has 0 unspecified atom stereocenters. The van der Waals surface area contributed by atoms with Crippen molar-refractivity contribution in [3.05, 3.63) is 158 Å². The molecule has 0 fully saturated rings. The van der Waals surface area contributed by atoms with Gasteiger partial charge in [-0.2, -0.15) is 0 Å². The highest BCUT2D eigenvalue weighted by atomic mass is 16.3. The lowest BCUT2D eigenvalue weighted by atomic mass is 9.85.